The Morgan fingerprint density at radius 2 is 1.86 bits per heavy atom. The minimum atomic E-state index is -3.04. The van der Waals surface area contributed by atoms with Crippen LogP contribution in [-0.2, 0) is 27.5 Å². The maximum atomic E-state index is 12.8. The van der Waals surface area contributed by atoms with E-state index >= 15 is 0 Å². The molecule has 1 atom stereocenters. The molecule has 1 unspecified atom stereocenters. The van der Waals surface area contributed by atoms with Crippen LogP contribution in [-0.4, -0.2) is 49.1 Å². The summed E-state index contributed by atoms with van der Waals surface area (Å²) in [6, 6.07) is 5.71. The lowest BCUT2D eigenvalue weighted by atomic mass is 9.89. The van der Waals surface area contributed by atoms with E-state index in [2.05, 4.69) is 6.07 Å². The van der Waals surface area contributed by atoms with Crippen LogP contribution < -0.4 is 0 Å². The first-order valence-electron chi connectivity index (χ1n) is 10.5. The number of fused-ring (bicyclic) bond motifs is 1. The van der Waals surface area contributed by atoms with Crippen LogP contribution in [0, 0.1) is 0 Å². The zero-order valence-corrected chi connectivity index (χ0v) is 17.6. The highest BCUT2D eigenvalue weighted by molar-refractivity contribution is 7.91. The molecule has 1 aliphatic heterocycles. The van der Waals surface area contributed by atoms with E-state index in [1.165, 1.54) is 24.0 Å². The van der Waals surface area contributed by atoms with Crippen LogP contribution in [0.1, 0.15) is 73.4 Å². The van der Waals surface area contributed by atoms with E-state index in [-0.39, 0.29) is 42.1 Å². The maximum absolute atomic E-state index is 12.8. The lowest BCUT2D eigenvalue weighted by molar-refractivity contribution is -0.133. The van der Waals surface area contributed by atoms with Gasteiger partial charge in [-0.1, -0.05) is 25.5 Å². The van der Waals surface area contributed by atoms with E-state index in [1.54, 1.807) is 4.90 Å². The summed E-state index contributed by atoms with van der Waals surface area (Å²) in [5.74, 6) is 0.112. The van der Waals surface area contributed by atoms with E-state index in [9.17, 15) is 18.0 Å². The van der Waals surface area contributed by atoms with Gasteiger partial charge in [0.2, 0.25) is 5.91 Å². The number of rotatable bonds is 8. The maximum Gasteiger partial charge on any atom is 0.223 e. The standard InChI is InChI=1S/C22H31NO4S/c1-2-3-13-23(20-12-14-28(26,27)16-20)22(25)11-10-21(24)19-9-8-17-6-4-5-7-18(17)15-19/h8-9,15,20H,2-7,10-14,16H2,1H3. The van der Waals surface area contributed by atoms with Crippen LogP contribution in [0.2, 0.25) is 0 Å². The predicted molar refractivity (Wildman–Crippen MR) is 110 cm³/mol. The summed E-state index contributed by atoms with van der Waals surface area (Å²) in [6.45, 7) is 2.62. The normalized spacial score (nSPS) is 20.5. The Morgan fingerprint density at radius 3 is 2.54 bits per heavy atom. The second kappa shape index (κ2) is 9.21. The average Bonchev–Trinajstić information content (AvgIpc) is 3.05. The van der Waals surface area contributed by atoms with E-state index in [0.717, 1.165) is 25.7 Å². The van der Waals surface area contributed by atoms with Crippen molar-refractivity contribution in [1.82, 2.24) is 4.90 Å². The van der Waals surface area contributed by atoms with Gasteiger partial charge in [0.05, 0.1) is 11.5 Å². The summed E-state index contributed by atoms with van der Waals surface area (Å²) >= 11 is 0. The molecule has 0 N–H and O–H groups in total. The number of benzene rings is 1. The van der Waals surface area contributed by atoms with Crippen LogP contribution in [0.4, 0.5) is 0 Å². The largest absolute Gasteiger partial charge is 0.339 e. The molecular weight excluding hydrogens is 374 g/mol. The first-order valence-corrected chi connectivity index (χ1v) is 12.4. The molecule has 1 aromatic rings. The van der Waals surface area contributed by atoms with Gasteiger partial charge in [-0.05, 0) is 55.7 Å². The highest BCUT2D eigenvalue weighted by atomic mass is 32.2. The fraction of sp³-hybridized carbons (Fsp3) is 0.636. The first kappa shape index (κ1) is 21.0. The molecule has 1 amide bonds. The van der Waals surface area contributed by atoms with Crippen molar-refractivity contribution in [2.24, 2.45) is 0 Å². The number of unbranched alkanes of at least 4 members (excludes halogenated alkanes) is 1. The van der Waals surface area contributed by atoms with Gasteiger partial charge in [-0.25, -0.2) is 8.42 Å². The van der Waals surface area contributed by atoms with E-state index in [1.807, 2.05) is 19.1 Å². The molecule has 5 nitrogen and oxygen atoms in total. The summed E-state index contributed by atoms with van der Waals surface area (Å²) in [7, 11) is -3.04. The number of hydrogen-bond acceptors (Lipinski definition) is 4. The zero-order valence-electron chi connectivity index (χ0n) is 16.8. The first-order chi connectivity index (χ1) is 13.4. The molecule has 154 valence electrons. The van der Waals surface area contributed by atoms with Gasteiger partial charge in [0.1, 0.15) is 0 Å². The number of carbonyl (C=O) groups excluding carboxylic acids is 2. The van der Waals surface area contributed by atoms with E-state index in [4.69, 9.17) is 0 Å². The molecule has 1 fully saturated rings. The number of sulfone groups is 1. The third kappa shape index (κ3) is 5.22. The molecule has 0 aromatic heterocycles. The van der Waals surface area contributed by atoms with Crippen molar-refractivity contribution in [3.63, 3.8) is 0 Å². The van der Waals surface area contributed by atoms with Crippen molar-refractivity contribution in [2.75, 3.05) is 18.1 Å². The second-order valence-electron chi connectivity index (χ2n) is 8.11. The van der Waals surface area contributed by atoms with Crippen molar-refractivity contribution < 1.29 is 18.0 Å². The number of ketones is 1. The molecule has 2 aliphatic rings. The molecule has 6 heteroatoms. The average molecular weight is 406 g/mol. The van der Waals surface area contributed by atoms with Crippen molar-refractivity contribution in [3.8, 4) is 0 Å². The number of amides is 1. The Morgan fingerprint density at radius 1 is 1.11 bits per heavy atom. The number of hydrogen-bond donors (Lipinski definition) is 0. The topological polar surface area (TPSA) is 71.5 Å². The summed E-state index contributed by atoms with van der Waals surface area (Å²) in [6.07, 6.45) is 7.11. The third-order valence-corrected chi connectivity index (χ3v) is 7.71. The molecule has 3 rings (SSSR count). The van der Waals surface area contributed by atoms with Crippen LogP contribution in [0.15, 0.2) is 18.2 Å². The Bertz CT molecular complexity index is 831. The SMILES string of the molecule is CCCCN(C(=O)CCC(=O)c1ccc2c(c1)CCCC2)C1CCS(=O)(=O)C1. The van der Waals surface area contributed by atoms with Crippen molar-refractivity contribution in [3.05, 3.63) is 34.9 Å². The second-order valence-corrected chi connectivity index (χ2v) is 10.3. The van der Waals surface area contributed by atoms with Crippen molar-refractivity contribution >= 4 is 21.5 Å². The molecule has 1 aromatic carbocycles. The molecule has 0 saturated carbocycles. The zero-order chi connectivity index (χ0) is 20.1. The molecule has 1 heterocycles. The molecule has 0 bridgehead atoms. The minimum absolute atomic E-state index is 0.00351. The Kier molecular flexibility index (Phi) is 6.91. The van der Waals surface area contributed by atoms with E-state index < -0.39 is 9.84 Å². The number of carbonyl (C=O) groups is 2. The highest BCUT2D eigenvalue weighted by Crippen LogP contribution is 2.24. The molecule has 28 heavy (non-hydrogen) atoms. The molecule has 1 aliphatic carbocycles. The predicted octanol–water partition coefficient (Wildman–Crippen LogP) is 3.34. The van der Waals surface area contributed by atoms with Gasteiger partial charge < -0.3 is 4.90 Å². The Hall–Kier alpha value is -1.69. The van der Waals surface area contributed by atoms with Crippen LogP contribution in [0.25, 0.3) is 0 Å². The van der Waals surface area contributed by atoms with Crippen LogP contribution >= 0.6 is 0 Å². The quantitative estimate of drug-likeness (QED) is 0.622. The summed E-state index contributed by atoms with van der Waals surface area (Å²) in [4.78, 5) is 27.1. The highest BCUT2D eigenvalue weighted by Gasteiger charge is 2.34. The van der Waals surface area contributed by atoms with Gasteiger partial charge >= 0.3 is 0 Å². The number of aryl methyl sites for hydroxylation is 2. The van der Waals surface area contributed by atoms with Gasteiger partial charge in [0, 0.05) is 31.0 Å². The van der Waals surface area contributed by atoms with Crippen LogP contribution in [0.5, 0.6) is 0 Å². The third-order valence-electron chi connectivity index (χ3n) is 5.96. The lowest BCUT2D eigenvalue weighted by Gasteiger charge is -2.28. The molecular formula is C22H31NO4S. The van der Waals surface area contributed by atoms with Crippen molar-refractivity contribution in [1.29, 1.82) is 0 Å². The van der Waals surface area contributed by atoms with Crippen molar-refractivity contribution in [2.45, 2.75) is 70.8 Å². The van der Waals surface area contributed by atoms with Crippen LogP contribution in [0.3, 0.4) is 0 Å². The van der Waals surface area contributed by atoms with E-state index in [0.29, 0.717) is 18.5 Å². The molecule has 1 saturated heterocycles. The number of Topliss-reactive ketones (excluding diaryl/α,β-unsaturated/α-hetero) is 1. The smallest absolute Gasteiger partial charge is 0.223 e. The van der Waals surface area contributed by atoms with Gasteiger partial charge in [-0.3, -0.25) is 9.59 Å². The van der Waals surface area contributed by atoms with Gasteiger partial charge in [0.25, 0.3) is 0 Å². The molecule has 0 radical (unpaired) electrons. The lowest BCUT2D eigenvalue weighted by Crippen LogP contribution is -2.41. The van der Waals surface area contributed by atoms with Gasteiger partial charge in [0.15, 0.2) is 15.6 Å². The number of nitrogens with zero attached hydrogens (tertiary/aromatic N) is 1. The fourth-order valence-electron chi connectivity index (χ4n) is 4.28. The Labute approximate surface area is 168 Å². The fourth-order valence-corrected chi connectivity index (χ4v) is 6.01. The Balaban J connectivity index is 1.61. The molecule has 0 spiro atoms. The summed E-state index contributed by atoms with van der Waals surface area (Å²) in [5.41, 5.74) is 3.30. The summed E-state index contributed by atoms with van der Waals surface area (Å²) < 4.78 is 23.6. The van der Waals surface area contributed by atoms with Gasteiger partial charge in [-0.2, -0.15) is 0 Å². The minimum Gasteiger partial charge on any atom is -0.339 e. The monoisotopic (exact) mass is 405 g/mol. The summed E-state index contributed by atoms with van der Waals surface area (Å²) in [5, 5.41) is 0. The van der Waals surface area contributed by atoms with Gasteiger partial charge in [-0.15, -0.1) is 0 Å².